The molecule has 2 N–H and O–H groups in total. The van der Waals surface area contributed by atoms with Gasteiger partial charge in [-0.25, -0.2) is 12.8 Å². The van der Waals surface area contributed by atoms with E-state index >= 15 is 0 Å². The Balaban J connectivity index is 1.84. The molecule has 3 aromatic rings. The van der Waals surface area contributed by atoms with Gasteiger partial charge in [-0.05, 0) is 42.5 Å². The molecule has 0 saturated carbocycles. The number of carbonyl (C=O) groups is 2. The first-order valence-electron chi connectivity index (χ1n) is 9.01. The molecule has 11 heteroatoms. The highest BCUT2D eigenvalue weighted by molar-refractivity contribution is 7.90. The monoisotopic (exact) mass is 457 g/mol. The third-order valence-electron chi connectivity index (χ3n) is 4.26. The zero-order chi connectivity index (χ0) is 23.5. The first kappa shape index (κ1) is 22.6. The Hall–Kier alpha value is -4.12. The van der Waals surface area contributed by atoms with Gasteiger partial charge in [0.1, 0.15) is 5.82 Å². The Morgan fingerprint density at radius 1 is 0.875 bits per heavy atom. The van der Waals surface area contributed by atoms with Crippen LogP contribution in [0.3, 0.4) is 0 Å². The zero-order valence-corrected chi connectivity index (χ0v) is 17.4. The molecule has 0 aliphatic carbocycles. The molecule has 0 atom stereocenters. The normalized spacial score (nSPS) is 10.9. The Bertz CT molecular complexity index is 1340. The lowest BCUT2D eigenvalue weighted by Crippen LogP contribution is -2.15. The minimum atomic E-state index is -3.80. The number of nitro benzene ring substituents is 1. The average molecular weight is 457 g/mol. The van der Waals surface area contributed by atoms with E-state index in [1.807, 2.05) is 0 Å². The number of anilines is 2. The summed E-state index contributed by atoms with van der Waals surface area (Å²) in [6.07, 6.45) is 0.869. The predicted octanol–water partition coefficient (Wildman–Crippen LogP) is 3.64. The maximum absolute atomic E-state index is 13.3. The maximum Gasteiger partial charge on any atom is 0.271 e. The largest absolute Gasteiger partial charge is 0.322 e. The maximum atomic E-state index is 13.3. The summed E-state index contributed by atoms with van der Waals surface area (Å²) in [6, 6.07) is 13.9. The molecule has 0 saturated heterocycles. The molecule has 0 aromatic heterocycles. The van der Waals surface area contributed by atoms with Gasteiger partial charge in [0.15, 0.2) is 9.84 Å². The number of benzene rings is 3. The highest BCUT2D eigenvalue weighted by Gasteiger charge is 2.19. The third kappa shape index (κ3) is 5.52. The summed E-state index contributed by atoms with van der Waals surface area (Å²) in [6.45, 7) is 0. The molecule has 0 aliphatic rings. The summed E-state index contributed by atoms with van der Waals surface area (Å²) in [4.78, 5) is 35.0. The van der Waals surface area contributed by atoms with E-state index < -0.39 is 38.1 Å². The van der Waals surface area contributed by atoms with E-state index in [2.05, 4.69) is 10.6 Å². The van der Waals surface area contributed by atoms with Crippen LogP contribution in [0, 0.1) is 15.9 Å². The van der Waals surface area contributed by atoms with E-state index in [9.17, 15) is 32.5 Å². The SMILES string of the molecule is CS(=O)(=O)c1cc(C(=O)Nc2cccc(C(=O)Nc3cccc(F)c3)c2)cc([N+](=O)[O-])c1. The Labute approximate surface area is 182 Å². The topological polar surface area (TPSA) is 135 Å². The molecule has 3 aromatic carbocycles. The van der Waals surface area contributed by atoms with Gasteiger partial charge in [-0.15, -0.1) is 0 Å². The Morgan fingerprint density at radius 3 is 2.06 bits per heavy atom. The quantitative estimate of drug-likeness (QED) is 0.428. The van der Waals surface area contributed by atoms with Crippen LogP contribution in [0.4, 0.5) is 21.5 Å². The molecule has 2 amide bonds. The van der Waals surface area contributed by atoms with Gasteiger partial charge in [0.2, 0.25) is 0 Å². The van der Waals surface area contributed by atoms with Gasteiger partial charge in [-0.3, -0.25) is 19.7 Å². The van der Waals surface area contributed by atoms with Crippen molar-refractivity contribution in [1.82, 2.24) is 0 Å². The molecule has 164 valence electrons. The molecule has 0 unspecified atom stereocenters. The van der Waals surface area contributed by atoms with Gasteiger partial charge >= 0.3 is 0 Å². The highest BCUT2D eigenvalue weighted by Crippen LogP contribution is 2.22. The van der Waals surface area contributed by atoms with Crippen molar-refractivity contribution in [2.75, 3.05) is 16.9 Å². The second-order valence-electron chi connectivity index (χ2n) is 6.74. The van der Waals surface area contributed by atoms with Crippen LogP contribution >= 0.6 is 0 Å². The molecule has 0 aliphatic heterocycles. The molecular weight excluding hydrogens is 441 g/mol. The lowest BCUT2D eigenvalue weighted by molar-refractivity contribution is -0.385. The number of non-ortho nitro benzene ring substituents is 1. The molecule has 9 nitrogen and oxygen atoms in total. The van der Waals surface area contributed by atoms with E-state index in [0.29, 0.717) is 0 Å². The van der Waals surface area contributed by atoms with Gasteiger partial charge < -0.3 is 10.6 Å². The fourth-order valence-electron chi connectivity index (χ4n) is 2.74. The number of rotatable bonds is 6. The first-order valence-corrected chi connectivity index (χ1v) is 10.9. The molecule has 0 heterocycles. The number of nitrogens with one attached hydrogen (secondary N) is 2. The van der Waals surface area contributed by atoms with Gasteiger partial charge in [-0.1, -0.05) is 12.1 Å². The molecule has 3 rings (SSSR count). The van der Waals surface area contributed by atoms with Gasteiger partial charge in [-0.2, -0.15) is 0 Å². The van der Waals surface area contributed by atoms with E-state index in [0.717, 1.165) is 30.5 Å². The molecule has 0 bridgehead atoms. The van der Waals surface area contributed by atoms with Crippen LogP contribution in [-0.4, -0.2) is 31.4 Å². The summed E-state index contributed by atoms with van der Waals surface area (Å²) < 4.78 is 36.9. The number of nitrogens with zero attached hydrogens (tertiary/aromatic N) is 1. The smallest absolute Gasteiger partial charge is 0.271 e. The number of carbonyl (C=O) groups excluding carboxylic acids is 2. The summed E-state index contributed by atoms with van der Waals surface area (Å²) in [5.74, 6) is -1.88. The second kappa shape index (κ2) is 8.94. The van der Waals surface area contributed by atoms with Gasteiger partial charge in [0.25, 0.3) is 17.5 Å². The molecule has 32 heavy (non-hydrogen) atoms. The van der Waals surface area contributed by atoms with E-state index in [1.165, 1.54) is 42.5 Å². The summed E-state index contributed by atoms with van der Waals surface area (Å²) in [5.41, 5.74) is -0.206. The van der Waals surface area contributed by atoms with Crippen molar-refractivity contribution in [3.8, 4) is 0 Å². The number of nitro groups is 1. The van der Waals surface area contributed by atoms with Crippen LogP contribution in [0.25, 0.3) is 0 Å². The lowest BCUT2D eigenvalue weighted by Gasteiger charge is -2.09. The van der Waals surface area contributed by atoms with Crippen molar-refractivity contribution >= 4 is 38.7 Å². The average Bonchev–Trinajstić information content (AvgIpc) is 2.73. The van der Waals surface area contributed by atoms with Gasteiger partial charge in [0, 0.05) is 40.9 Å². The minimum absolute atomic E-state index is 0.155. The van der Waals surface area contributed by atoms with Crippen LogP contribution in [-0.2, 0) is 9.84 Å². The lowest BCUT2D eigenvalue weighted by atomic mass is 10.1. The van der Waals surface area contributed by atoms with Crippen LogP contribution in [0.2, 0.25) is 0 Å². The van der Waals surface area contributed by atoms with E-state index in [4.69, 9.17) is 0 Å². The predicted molar refractivity (Wildman–Crippen MR) is 115 cm³/mol. The van der Waals surface area contributed by atoms with Crippen LogP contribution < -0.4 is 10.6 Å². The Morgan fingerprint density at radius 2 is 1.47 bits per heavy atom. The summed E-state index contributed by atoms with van der Waals surface area (Å²) in [5, 5.41) is 16.1. The number of sulfone groups is 1. The number of amides is 2. The fraction of sp³-hybridized carbons (Fsp3) is 0.0476. The van der Waals surface area contributed by atoms with Crippen molar-refractivity contribution in [3.05, 3.63) is 93.8 Å². The standard InChI is InChI=1S/C21H16FN3O6S/c1-32(30,31)19-10-14(9-18(12-19)25(28)29)21(27)23-16-6-2-4-13(8-16)20(26)24-17-7-3-5-15(22)11-17/h2-12H,1H3,(H,23,27)(H,24,26). The van der Waals surface area contributed by atoms with Crippen LogP contribution in [0.5, 0.6) is 0 Å². The van der Waals surface area contributed by atoms with Crippen molar-refractivity contribution in [2.24, 2.45) is 0 Å². The fourth-order valence-corrected chi connectivity index (χ4v) is 3.42. The third-order valence-corrected chi connectivity index (χ3v) is 5.35. The summed E-state index contributed by atoms with van der Waals surface area (Å²) >= 11 is 0. The van der Waals surface area contributed by atoms with Gasteiger partial charge in [0.05, 0.1) is 9.82 Å². The van der Waals surface area contributed by atoms with Crippen molar-refractivity contribution in [2.45, 2.75) is 4.90 Å². The minimum Gasteiger partial charge on any atom is -0.322 e. The zero-order valence-electron chi connectivity index (χ0n) is 16.5. The van der Waals surface area contributed by atoms with E-state index in [-0.39, 0.29) is 27.4 Å². The second-order valence-corrected chi connectivity index (χ2v) is 8.76. The van der Waals surface area contributed by atoms with Crippen molar-refractivity contribution < 1.29 is 27.3 Å². The van der Waals surface area contributed by atoms with Crippen LogP contribution in [0.15, 0.2) is 71.6 Å². The van der Waals surface area contributed by atoms with E-state index in [1.54, 1.807) is 0 Å². The number of halogens is 1. The van der Waals surface area contributed by atoms with Crippen molar-refractivity contribution in [1.29, 1.82) is 0 Å². The summed E-state index contributed by atoms with van der Waals surface area (Å²) in [7, 11) is -3.80. The molecule has 0 spiro atoms. The first-order chi connectivity index (χ1) is 15.0. The molecular formula is C21H16FN3O6S. The Kier molecular flexibility index (Phi) is 6.30. The molecule has 0 fully saturated rings. The molecule has 0 radical (unpaired) electrons. The van der Waals surface area contributed by atoms with Crippen molar-refractivity contribution in [3.63, 3.8) is 0 Å². The van der Waals surface area contributed by atoms with Crippen LogP contribution in [0.1, 0.15) is 20.7 Å². The number of hydrogen-bond acceptors (Lipinski definition) is 6. The number of hydrogen-bond donors (Lipinski definition) is 2. The highest BCUT2D eigenvalue weighted by atomic mass is 32.2.